The van der Waals surface area contributed by atoms with Crippen molar-refractivity contribution in [1.82, 2.24) is 19.9 Å². The number of aromatic nitrogens is 4. The molecule has 0 aliphatic carbocycles. The van der Waals surface area contributed by atoms with Gasteiger partial charge in [-0.25, -0.2) is 9.97 Å². The predicted octanol–water partition coefficient (Wildman–Crippen LogP) is 4.28. The summed E-state index contributed by atoms with van der Waals surface area (Å²) in [7, 11) is 0. The minimum atomic E-state index is -0.0631. The van der Waals surface area contributed by atoms with Crippen LogP contribution in [0.1, 0.15) is 16.3 Å². The fourth-order valence-corrected chi connectivity index (χ4v) is 4.41. The molecule has 4 rings (SSSR count). The van der Waals surface area contributed by atoms with Gasteiger partial charge >= 0.3 is 0 Å². The Balaban J connectivity index is 1.55. The van der Waals surface area contributed by atoms with E-state index in [4.69, 9.17) is 0 Å². The molecule has 1 aromatic carbocycles. The van der Waals surface area contributed by atoms with Gasteiger partial charge in [0.1, 0.15) is 10.7 Å². The summed E-state index contributed by atoms with van der Waals surface area (Å²) >= 11 is 3.09. The van der Waals surface area contributed by atoms with Crippen molar-refractivity contribution < 1.29 is 0 Å². The molecule has 0 spiro atoms. The monoisotopic (exact) mass is 368 g/mol. The standard InChI is InChI=1S/C18H16N4OS2/c1-10-11(2)25-17-15(10)16(23)21-14(22-17)9-24-18-19-8-13(20-18)12-6-4-3-5-7-12/h3-8H,9H2,1-2H3,(H,19,20)(H,21,22,23). The normalized spacial score (nSPS) is 11.3. The highest BCUT2D eigenvalue weighted by atomic mass is 32.2. The van der Waals surface area contributed by atoms with Crippen LogP contribution in [0.2, 0.25) is 0 Å². The zero-order chi connectivity index (χ0) is 17.4. The molecule has 126 valence electrons. The second-order valence-corrected chi connectivity index (χ2v) is 7.90. The lowest BCUT2D eigenvalue weighted by atomic mass is 10.2. The number of H-pyrrole nitrogens is 2. The van der Waals surface area contributed by atoms with E-state index in [0.29, 0.717) is 17.0 Å². The summed E-state index contributed by atoms with van der Waals surface area (Å²) < 4.78 is 0. The molecule has 25 heavy (non-hydrogen) atoms. The van der Waals surface area contributed by atoms with Gasteiger partial charge < -0.3 is 9.97 Å². The molecule has 0 radical (unpaired) electrons. The van der Waals surface area contributed by atoms with Gasteiger partial charge in [-0.15, -0.1) is 11.3 Å². The number of nitrogens with one attached hydrogen (secondary N) is 2. The molecule has 0 aliphatic heterocycles. The van der Waals surface area contributed by atoms with E-state index in [1.165, 1.54) is 11.8 Å². The molecule has 0 bridgehead atoms. The number of fused-ring (bicyclic) bond motifs is 1. The third kappa shape index (κ3) is 3.12. The summed E-state index contributed by atoms with van der Waals surface area (Å²) in [6.07, 6.45) is 1.82. The number of thioether (sulfide) groups is 1. The predicted molar refractivity (Wildman–Crippen MR) is 103 cm³/mol. The molecule has 7 heteroatoms. The Morgan fingerprint density at radius 2 is 1.96 bits per heavy atom. The number of nitrogens with zero attached hydrogens (tertiary/aromatic N) is 2. The van der Waals surface area contributed by atoms with Crippen LogP contribution in [-0.4, -0.2) is 19.9 Å². The molecule has 2 N–H and O–H groups in total. The van der Waals surface area contributed by atoms with Crippen molar-refractivity contribution >= 4 is 33.3 Å². The van der Waals surface area contributed by atoms with Gasteiger partial charge in [-0.1, -0.05) is 42.1 Å². The minimum Gasteiger partial charge on any atom is -0.333 e. The van der Waals surface area contributed by atoms with Gasteiger partial charge in [0, 0.05) is 4.88 Å². The maximum atomic E-state index is 12.3. The van der Waals surface area contributed by atoms with Crippen molar-refractivity contribution in [3.63, 3.8) is 0 Å². The Morgan fingerprint density at radius 3 is 2.76 bits per heavy atom. The number of imidazole rings is 1. The Kier molecular flexibility index (Phi) is 4.19. The van der Waals surface area contributed by atoms with Crippen LogP contribution in [0.4, 0.5) is 0 Å². The van der Waals surface area contributed by atoms with E-state index < -0.39 is 0 Å². The van der Waals surface area contributed by atoms with E-state index in [1.807, 2.05) is 50.4 Å². The largest absolute Gasteiger partial charge is 0.333 e. The van der Waals surface area contributed by atoms with E-state index in [1.54, 1.807) is 11.3 Å². The highest BCUT2D eigenvalue weighted by molar-refractivity contribution is 7.98. The first kappa shape index (κ1) is 16.1. The average molecular weight is 368 g/mol. The number of hydrogen-bond donors (Lipinski definition) is 2. The SMILES string of the molecule is Cc1sc2nc(CSc3ncc(-c4ccccc4)[nH]3)[nH]c(=O)c2c1C. The van der Waals surface area contributed by atoms with E-state index in [0.717, 1.165) is 31.7 Å². The molecular weight excluding hydrogens is 352 g/mol. The molecule has 0 atom stereocenters. The molecule has 0 saturated heterocycles. The van der Waals surface area contributed by atoms with E-state index >= 15 is 0 Å². The van der Waals surface area contributed by atoms with Crippen LogP contribution in [0, 0.1) is 13.8 Å². The fourth-order valence-electron chi connectivity index (χ4n) is 2.65. The Bertz CT molecular complexity index is 1100. The fraction of sp³-hybridized carbons (Fsp3) is 0.167. The third-order valence-electron chi connectivity index (χ3n) is 4.07. The Hall–Kier alpha value is -2.38. The Morgan fingerprint density at radius 1 is 1.16 bits per heavy atom. The Labute approximate surface area is 152 Å². The molecule has 3 heterocycles. The minimum absolute atomic E-state index is 0.0631. The quantitative estimate of drug-likeness (QED) is 0.527. The average Bonchev–Trinajstić information content (AvgIpc) is 3.19. The second kappa shape index (κ2) is 6.50. The van der Waals surface area contributed by atoms with Crippen molar-refractivity contribution in [2.45, 2.75) is 24.8 Å². The van der Waals surface area contributed by atoms with Gasteiger partial charge in [-0.2, -0.15) is 0 Å². The molecule has 5 nitrogen and oxygen atoms in total. The maximum absolute atomic E-state index is 12.3. The lowest BCUT2D eigenvalue weighted by molar-refractivity contribution is 1.02. The third-order valence-corrected chi connectivity index (χ3v) is 6.07. The van der Waals surface area contributed by atoms with Gasteiger partial charge in [-0.05, 0) is 25.0 Å². The number of thiophene rings is 1. The molecule has 0 unspecified atom stereocenters. The van der Waals surface area contributed by atoms with Crippen molar-refractivity contribution in [3.8, 4) is 11.3 Å². The second-order valence-electron chi connectivity index (χ2n) is 5.73. The van der Waals surface area contributed by atoms with Crippen molar-refractivity contribution in [2.24, 2.45) is 0 Å². The highest BCUT2D eigenvalue weighted by Gasteiger charge is 2.12. The summed E-state index contributed by atoms with van der Waals surface area (Å²) in [5, 5.41) is 1.51. The molecule has 3 aromatic heterocycles. The maximum Gasteiger partial charge on any atom is 0.259 e. The topological polar surface area (TPSA) is 74.4 Å². The van der Waals surface area contributed by atoms with Crippen molar-refractivity contribution in [2.75, 3.05) is 0 Å². The highest BCUT2D eigenvalue weighted by Crippen LogP contribution is 2.27. The summed E-state index contributed by atoms with van der Waals surface area (Å²) in [5.74, 6) is 1.23. The van der Waals surface area contributed by atoms with Gasteiger partial charge in [0.15, 0.2) is 5.16 Å². The first-order chi connectivity index (χ1) is 12.1. The summed E-state index contributed by atoms with van der Waals surface area (Å²) in [6, 6.07) is 10.1. The number of hydrogen-bond acceptors (Lipinski definition) is 5. The first-order valence-electron chi connectivity index (χ1n) is 7.84. The summed E-state index contributed by atoms with van der Waals surface area (Å²) in [6.45, 7) is 3.98. The summed E-state index contributed by atoms with van der Waals surface area (Å²) in [4.78, 5) is 29.4. The van der Waals surface area contributed by atoms with Gasteiger partial charge in [0.05, 0.1) is 23.0 Å². The van der Waals surface area contributed by atoms with Crippen molar-refractivity contribution in [3.05, 3.63) is 63.1 Å². The van der Waals surface area contributed by atoms with Crippen LogP contribution in [-0.2, 0) is 5.75 Å². The van der Waals surface area contributed by atoms with Crippen LogP contribution in [0.15, 0.2) is 46.5 Å². The number of aryl methyl sites for hydroxylation is 2. The number of rotatable bonds is 4. The van der Waals surface area contributed by atoms with Crippen LogP contribution >= 0.6 is 23.1 Å². The van der Waals surface area contributed by atoms with Crippen LogP contribution < -0.4 is 5.56 Å². The van der Waals surface area contributed by atoms with E-state index in [9.17, 15) is 4.79 Å². The summed E-state index contributed by atoms with van der Waals surface area (Å²) in [5.41, 5.74) is 3.03. The molecular formula is C18H16N4OS2. The molecule has 4 aromatic rings. The van der Waals surface area contributed by atoms with Crippen LogP contribution in [0.3, 0.4) is 0 Å². The van der Waals surface area contributed by atoms with Gasteiger partial charge in [0.2, 0.25) is 0 Å². The van der Waals surface area contributed by atoms with Crippen LogP contribution in [0.25, 0.3) is 21.5 Å². The lowest BCUT2D eigenvalue weighted by Crippen LogP contribution is -2.10. The zero-order valence-corrected chi connectivity index (χ0v) is 15.4. The smallest absolute Gasteiger partial charge is 0.259 e. The molecule has 0 saturated carbocycles. The molecule has 0 fully saturated rings. The van der Waals surface area contributed by atoms with Crippen molar-refractivity contribution in [1.29, 1.82) is 0 Å². The number of benzene rings is 1. The zero-order valence-electron chi connectivity index (χ0n) is 13.8. The van der Waals surface area contributed by atoms with E-state index in [-0.39, 0.29) is 5.56 Å². The van der Waals surface area contributed by atoms with Gasteiger partial charge in [-0.3, -0.25) is 4.79 Å². The number of aromatic amines is 2. The van der Waals surface area contributed by atoms with E-state index in [2.05, 4.69) is 19.9 Å². The molecule has 0 aliphatic rings. The van der Waals surface area contributed by atoms with Gasteiger partial charge in [0.25, 0.3) is 5.56 Å². The van der Waals surface area contributed by atoms with Crippen LogP contribution in [0.5, 0.6) is 0 Å². The molecule has 0 amide bonds. The lowest BCUT2D eigenvalue weighted by Gasteiger charge is -2.00. The first-order valence-corrected chi connectivity index (χ1v) is 9.64.